The molecule has 0 fully saturated rings. The Morgan fingerprint density at radius 2 is 1.44 bits per heavy atom. The van der Waals surface area contributed by atoms with E-state index in [2.05, 4.69) is 36.1 Å². The molecule has 1 aromatic carbocycles. The zero-order valence-electron chi connectivity index (χ0n) is 9.76. The van der Waals surface area contributed by atoms with Gasteiger partial charge in [-0.1, -0.05) is 31.2 Å². The lowest BCUT2D eigenvalue weighted by Gasteiger charge is -2.20. The van der Waals surface area contributed by atoms with Crippen molar-refractivity contribution >= 4 is 23.2 Å². The van der Waals surface area contributed by atoms with Gasteiger partial charge in [-0.25, -0.2) is 0 Å². The van der Waals surface area contributed by atoms with Gasteiger partial charge in [0.2, 0.25) is 0 Å². The van der Waals surface area contributed by atoms with E-state index in [1.165, 1.54) is 11.1 Å². The SMILES string of the molecule is CCc1ccc(CN(CCCl)CCCl)cc1. The first kappa shape index (κ1) is 13.8. The molecule has 3 heteroatoms. The van der Waals surface area contributed by atoms with Crippen LogP contribution in [0.5, 0.6) is 0 Å². The summed E-state index contributed by atoms with van der Waals surface area (Å²) < 4.78 is 0. The number of rotatable bonds is 7. The number of aryl methyl sites for hydroxylation is 1. The van der Waals surface area contributed by atoms with Gasteiger partial charge in [0.1, 0.15) is 0 Å². The maximum Gasteiger partial charge on any atom is 0.0351 e. The van der Waals surface area contributed by atoms with Crippen molar-refractivity contribution in [2.45, 2.75) is 19.9 Å². The topological polar surface area (TPSA) is 3.24 Å². The van der Waals surface area contributed by atoms with Crippen molar-refractivity contribution in [1.29, 1.82) is 0 Å². The zero-order chi connectivity index (χ0) is 11.8. The van der Waals surface area contributed by atoms with Crippen LogP contribution in [0.1, 0.15) is 18.1 Å². The molecule has 0 unspecified atom stereocenters. The molecule has 0 saturated carbocycles. The quantitative estimate of drug-likeness (QED) is 0.678. The summed E-state index contributed by atoms with van der Waals surface area (Å²) in [5.74, 6) is 1.31. The standard InChI is InChI=1S/C13H19Cl2N/c1-2-12-3-5-13(6-4-12)11-16(9-7-14)10-8-15/h3-6H,2,7-11H2,1H3. The Balaban J connectivity index is 2.54. The number of alkyl halides is 2. The molecule has 0 heterocycles. The maximum absolute atomic E-state index is 5.76. The Morgan fingerprint density at radius 1 is 0.938 bits per heavy atom. The van der Waals surface area contributed by atoms with Gasteiger partial charge < -0.3 is 0 Å². The van der Waals surface area contributed by atoms with Crippen molar-refractivity contribution in [1.82, 2.24) is 4.90 Å². The zero-order valence-corrected chi connectivity index (χ0v) is 11.3. The molecular weight excluding hydrogens is 241 g/mol. The highest BCUT2D eigenvalue weighted by atomic mass is 35.5. The van der Waals surface area contributed by atoms with E-state index in [9.17, 15) is 0 Å². The lowest BCUT2D eigenvalue weighted by Crippen LogP contribution is -2.27. The van der Waals surface area contributed by atoms with Gasteiger partial charge in [-0.05, 0) is 17.5 Å². The van der Waals surface area contributed by atoms with Crippen LogP contribution in [0.3, 0.4) is 0 Å². The minimum atomic E-state index is 0.657. The Labute approximate surface area is 108 Å². The molecule has 0 amide bonds. The monoisotopic (exact) mass is 259 g/mol. The highest BCUT2D eigenvalue weighted by Gasteiger charge is 2.04. The van der Waals surface area contributed by atoms with Crippen LogP contribution in [0.15, 0.2) is 24.3 Å². The predicted octanol–water partition coefficient (Wildman–Crippen LogP) is 3.53. The van der Waals surface area contributed by atoms with E-state index in [4.69, 9.17) is 23.2 Å². The summed E-state index contributed by atoms with van der Waals surface area (Å²) >= 11 is 11.5. The molecule has 1 rings (SSSR count). The third-order valence-electron chi connectivity index (χ3n) is 2.64. The van der Waals surface area contributed by atoms with Gasteiger partial charge in [-0.2, -0.15) is 0 Å². The Bertz CT molecular complexity index is 278. The van der Waals surface area contributed by atoms with E-state index in [-0.39, 0.29) is 0 Å². The minimum absolute atomic E-state index is 0.657. The third-order valence-corrected chi connectivity index (χ3v) is 2.98. The largest absolute Gasteiger partial charge is 0.297 e. The van der Waals surface area contributed by atoms with Crippen molar-refractivity contribution < 1.29 is 0 Å². The second kappa shape index (κ2) is 7.94. The number of hydrogen-bond acceptors (Lipinski definition) is 1. The van der Waals surface area contributed by atoms with E-state index in [1.54, 1.807) is 0 Å². The third kappa shape index (κ3) is 4.73. The molecule has 0 aromatic heterocycles. The first-order valence-corrected chi connectivity index (χ1v) is 6.79. The fourth-order valence-electron chi connectivity index (χ4n) is 1.65. The van der Waals surface area contributed by atoms with E-state index < -0.39 is 0 Å². The fraction of sp³-hybridized carbons (Fsp3) is 0.538. The molecule has 90 valence electrons. The van der Waals surface area contributed by atoms with Crippen LogP contribution in [0.25, 0.3) is 0 Å². The van der Waals surface area contributed by atoms with E-state index >= 15 is 0 Å². The molecule has 0 atom stereocenters. The van der Waals surface area contributed by atoms with Crippen LogP contribution in [0, 0.1) is 0 Å². The normalized spacial score (nSPS) is 11.0. The van der Waals surface area contributed by atoms with Crippen LogP contribution >= 0.6 is 23.2 Å². The van der Waals surface area contributed by atoms with Gasteiger partial charge in [0.15, 0.2) is 0 Å². The van der Waals surface area contributed by atoms with Gasteiger partial charge in [0.05, 0.1) is 0 Å². The number of hydrogen-bond donors (Lipinski definition) is 0. The summed E-state index contributed by atoms with van der Waals surface area (Å²) in [6.07, 6.45) is 1.09. The van der Waals surface area contributed by atoms with Crippen molar-refractivity contribution in [2.75, 3.05) is 24.8 Å². The van der Waals surface area contributed by atoms with Crippen LogP contribution in [-0.4, -0.2) is 29.7 Å². The van der Waals surface area contributed by atoms with Crippen LogP contribution < -0.4 is 0 Å². The fourth-order valence-corrected chi connectivity index (χ4v) is 2.13. The molecule has 0 aliphatic rings. The first-order valence-electron chi connectivity index (χ1n) is 5.72. The van der Waals surface area contributed by atoms with Crippen LogP contribution in [0.2, 0.25) is 0 Å². The molecule has 0 N–H and O–H groups in total. The van der Waals surface area contributed by atoms with Gasteiger partial charge >= 0.3 is 0 Å². The molecule has 0 spiro atoms. The van der Waals surface area contributed by atoms with E-state index in [0.717, 1.165) is 26.1 Å². The number of halogens is 2. The van der Waals surface area contributed by atoms with Gasteiger partial charge in [-0.15, -0.1) is 23.2 Å². The predicted molar refractivity (Wildman–Crippen MR) is 72.5 cm³/mol. The summed E-state index contributed by atoms with van der Waals surface area (Å²) in [5, 5.41) is 0. The lowest BCUT2D eigenvalue weighted by molar-refractivity contribution is 0.299. The lowest BCUT2D eigenvalue weighted by atomic mass is 10.1. The van der Waals surface area contributed by atoms with Crippen molar-refractivity contribution in [3.63, 3.8) is 0 Å². The van der Waals surface area contributed by atoms with E-state index in [0.29, 0.717) is 11.8 Å². The van der Waals surface area contributed by atoms with Crippen molar-refractivity contribution in [3.05, 3.63) is 35.4 Å². The molecular formula is C13H19Cl2N. The average Bonchev–Trinajstić information content (AvgIpc) is 2.31. The van der Waals surface area contributed by atoms with Gasteiger partial charge in [0.25, 0.3) is 0 Å². The number of nitrogens with zero attached hydrogens (tertiary/aromatic N) is 1. The molecule has 0 aliphatic heterocycles. The van der Waals surface area contributed by atoms with Crippen molar-refractivity contribution in [3.8, 4) is 0 Å². The average molecular weight is 260 g/mol. The highest BCUT2D eigenvalue weighted by molar-refractivity contribution is 6.18. The van der Waals surface area contributed by atoms with Gasteiger partial charge in [-0.3, -0.25) is 4.90 Å². The second-order valence-corrected chi connectivity index (χ2v) is 4.58. The molecule has 0 aliphatic carbocycles. The first-order chi connectivity index (χ1) is 7.80. The van der Waals surface area contributed by atoms with Crippen LogP contribution in [0.4, 0.5) is 0 Å². The molecule has 0 saturated heterocycles. The maximum atomic E-state index is 5.76. The summed E-state index contributed by atoms with van der Waals surface area (Å²) in [6, 6.07) is 8.76. The summed E-state index contributed by atoms with van der Waals surface area (Å²) in [4.78, 5) is 2.28. The Kier molecular flexibility index (Phi) is 6.86. The van der Waals surface area contributed by atoms with Crippen LogP contribution in [-0.2, 0) is 13.0 Å². The molecule has 16 heavy (non-hydrogen) atoms. The highest BCUT2D eigenvalue weighted by Crippen LogP contribution is 2.08. The number of benzene rings is 1. The minimum Gasteiger partial charge on any atom is -0.297 e. The summed E-state index contributed by atoms with van der Waals surface area (Å²) in [5.41, 5.74) is 2.71. The molecule has 0 radical (unpaired) electrons. The van der Waals surface area contributed by atoms with Gasteiger partial charge in [0, 0.05) is 31.4 Å². The Morgan fingerprint density at radius 3 is 1.88 bits per heavy atom. The Hall–Kier alpha value is -0.240. The second-order valence-electron chi connectivity index (χ2n) is 3.82. The van der Waals surface area contributed by atoms with Crippen molar-refractivity contribution in [2.24, 2.45) is 0 Å². The summed E-state index contributed by atoms with van der Waals surface area (Å²) in [6.45, 7) is 4.89. The smallest absolute Gasteiger partial charge is 0.0351 e. The molecule has 1 nitrogen and oxygen atoms in total. The summed E-state index contributed by atoms with van der Waals surface area (Å²) in [7, 11) is 0. The molecule has 1 aromatic rings. The van der Waals surface area contributed by atoms with E-state index in [1.807, 2.05) is 0 Å². The molecule has 0 bridgehead atoms.